The number of nitrogens with zero attached hydrogens (tertiary/aromatic N) is 1. The van der Waals surface area contributed by atoms with E-state index in [1.165, 1.54) is 14.0 Å². The Morgan fingerprint density at radius 2 is 1.40 bits per heavy atom. The summed E-state index contributed by atoms with van der Waals surface area (Å²) in [7, 11) is 1.20. The van der Waals surface area contributed by atoms with Crippen LogP contribution >= 0.6 is 0 Å². The van der Waals surface area contributed by atoms with E-state index in [2.05, 4.69) is 20.9 Å². The summed E-state index contributed by atoms with van der Waals surface area (Å²) in [5.41, 5.74) is 12.2. The molecule has 0 saturated heterocycles. The van der Waals surface area contributed by atoms with Gasteiger partial charge in [-0.3, -0.25) is 19.4 Å². The molecule has 0 saturated carbocycles. The molecule has 12 heteroatoms. The molecule has 2 aromatic rings. The number of nitrogens with two attached hydrogens (primary N) is 2. The molecule has 2 aromatic carbocycles. The Morgan fingerprint density at radius 3 is 1.90 bits per heavy atom. The summed E-state index contributed by atoms with van der Waals surface area (Å²) in [6.45, 7) is 1.59. The zero-order valence-corrected chi connectivity index (χ0v) is 22.7. The number of ether oxygens (including phenoxy) is 1. The summed E-state index contributed by atoms with van der Waals surface area (Å²) in [4.78, 5) is 55.3. The van der Waals surface area contributed by atoms with E-state index in [0.29, 0.717) is 6.42 Å². The lowest BCUT2D eigenvalue weighted by Gasteiger charge is -2.26. The molecule has 0 radical (unpaired) electrons. The summed E-state index contributed by atoms with van der Waals surface area (Å²) < 4.78 is 4.84. The van der Waals surface area contributed by atoms with Crippen molar-refractivity contribution in [3.05, 3.63) is 71.8 Å². The molecule has 12 nitrogen and oxygen atoms in total. The van der Waals surface area contributed by atoms with Gasteiger partial charge in [0.05, 0.1) is 13.2 Å². The lowest BCUT2D eigenvalue weighted by Crippen LogP contribution is -2.59. The first kappa shape index (κ1) is 31.8. The molecule has 40 heavy (non-hydrogen) atoms. The van der Waals surface area contributed by atoms with Gasteiger partial charge >= 0.3 is 5.97 Å². The van der Waals surface area contributed by atoms with Gasteiger partial charge in [0.15, 0.2) is 5.96 Å². The number of guanidine groups is 1. The predicted molar refractivity (Wildman–Crippen MR) is 150 cm³/mol. The number of esters is 1. The number of aliphatic imine (C=N–C) groups is 1. The molecule has 0 aliphatic heterocycles. The van der Waals surface area contributed by atoms with Gasteiger partial charge in [-0.2, -0.15) is 0 Å². The molecule has 0 aromatic heterocycles. The molecule has 0 unspecified atom stereocenters. The van der Waals surface area contributed by atoms with Gasteiger partial charge in [0.2, 0.25) is 17.7 Å². The van der Waals surface area contributed by atoms with Gasteiger partial charge in [-0.15, -0.1) is 0 Å². The molecular formula is C28H38N6O6. The highest BCUT2D eigenvalue weighted by Crippen LogP contribution is 2.08. The topological polar surface area (TPSA) is 198 Å². The SMILES string of the molecule is COC(=O)[C@H](Cc1ccccc1)NC(=O)[C@@H](NC(=O)[C@H](Cc1ccccc1)NC(=O)CCCN=C(N)N)[C@@H](C)O. The van der Waals surface area contributed by atoms with Crippen LogP contribution in [-0.4, -0.2) is 72.6 Å². The van der Waals surface area contributed by atoms with Crippen molar-refractivity contribution >= 4 is 29.7 Å². The fourth-order valence-corrected chi connectivity index (χ4v) is 3.88. The molecule has 0 aliphatic rings. The first-order valence-corrected chi connectivity index (χ1v) is 12.9. The van der Waals surface area contributed by atoms with Gasteiger partial charge in [-0.05, 0) is 24.5 Å². The molecule has 0 spiro atoms. The normalized spacial score (nSPS) is 13.6. The minimum atomic E-state index is -1.41. The van der Waals surface area contributed by atoms with Crippen molar-refractivity contribution in [3.63, 3.8) is 0 Å². The van der Waals surface area contributed by atoms with Crippen LogP contribution in [0.2, 0.25) is 0 Å². The highest BCUT2D eigenvalue weighted by molar-refractivity contribution is 5.94. The van der Waals surface area contributed by atoms with Crippen molar-refractivity contribution in [1.82, 2.24) is 16.0 Å². The minimum Gasteiger partial charge on any atom is -0.467 e. The lowest BCUT2D eigenvalue weighted by atomic mass is 10.0. The van der Waals surface area contributed by atoms with E-state index in [9.17, 15) is 24.3 Å². The third kappa shape index (κ3) is 11.1. The Labute approximate surface area is 233 Å². The van der Waals surface area contributed by atoms with Crippen molar-refractivity contribution in [2.45, 2.75) is 56.8 Å². The number of methoxy groups -OCH3 is 1. The van der Waals surface area contributed by atoms with E-state index in [4.69, 9.17) is 16.2 Å². The molecule has 3 amide bonds. The molecule has 8 N–H and O–H groups in total. The van der Waals surface area contributed by atoms with E-state index < -0.39 is 47.9 Å². The second-order valence-corrected chi connectivity index (χ2v) is 9.22. The smallest absolute Gasteiger partial charge is 0.328 e. The van der Waals surface area contributed by atoms with Crippen LogP contribution < -0.4 is 27.4 Å². The third-order valence-corrected chi connectivity index (χ3v) is 5.94. The molecule has 2 rings (SSSR count). The fourth-order valence-electron chi connectivity index (χ4n) is 3.88. The maximum atomic E-state index is 13.3. The number of carbonyl (C=O) groups excluding carboxylic acids is 4. The number of rotatable bonds is 15. The van der Waals surface area contributed by atoms with Crippen LogP contribution in [0.3, 0.4) is 0 Å². The summed E-state index contributed by atoms with van der Waals surface area (Å²) in [6.07, 6.45) is -0.605. The van der Waals surface area contributed by atoms with Crippen molar-refractivity contribution in [2.24, 2.45) is 16.5 Å². The Kier molecular flexibility index (Phi) is 13.1. The minimum absolute atomic E-state index is 0.0654. The number of carbonyl (C=O) groups is 4. The number of hydrogen-bond acceptors (Lipinski definition) is 7. The lowest BCUT2D eigenvalue weighted by molar-refractivity contribution is -0.146. The number of aliphatic hydroxyl groups excluding tert-OH is 1. The summed E-state index contributed by atoms with van der Waals surface area (Å²) >= 11 is 0. The molecule has 0 heterocycles. The van der Waals surface area contributed by atoms with Crippen LogP contribution in [0.4, 0.5) is 0 Å². The van der Waals surface area contributed by atoms with Gasteiger partial charge in [0.1, 0.15) is 18.1 Å². The van der Waals surface area contributed by atoms with E-state index in [1.807, 2.05) is 12.1 Å². The zero-order chi connectivity index (χ0) is 29.5. The molecule has 0 bridgehead atoms. The first-order valence-electron chi connectivity index (χ1n) is 12.9. The monoisotopic (exact) mass is 554 g/mol. The van der Waals surface area contributed by atoms with Gasteiger partial charge in [0, 0.05) is 25.8 Å². The van der Waals surface area contributed by atoms with E-state index in [0.717, 1.165) is 11.1 Å². The van der Waals surface area contributed by atoms with Gasteiger partial charge < -0.3 is 37.3 Å². The first-order chi connectivity index (χ1) is 19.1. The summed E-state index contributed by atoms with van der Waals surface area (Å²) in [6, 6.07) is 14.5. The Bertz CT molecular complexity index is 1140. The summed E-state index contributed by atoms with van der Waals surface area (Å²) in [5, 5.41) is 18.1. The standard InChI is InChI=1S/C28H38N6O6/c1-18(35)24(26(38)33-22(27(39)40-2)17-20-12-7-4-8-13-20)34-25(37)21(16-19-10-5-3-6-11-19)32-23(36)14-9-15-31-28(29)30/h3-8,10-13,18,21-22,24,35H,9,14-17H2,1-2H3,(H,32,36)(H,33,38)(H,34,37)(H4,29,30,31)/t18-,21+,22+,24+/m1/s1. The average Bonchev–Trinajstić information content (AvgIpc) is 2.93. The number of amides is 3. The van der Waals surface area contributed by atoms with E-state index in [1.54, 1.807) is 48.5 Å². The fraction of sp³-hybridized carbons (Fsp3) is 0.393. The highest BCUT2D eigenvalue weighted by Gasteiger charge is 2.32. The van der Waals surface area contributed by atoms with Crippen LogP contribution in [0.5, 0.6) is 0 Å². The Hall–Kier alpha value is -4.45. The van der Waals surface area contributed by atoms with Crippen molar-refractivity contribution in [3.8, 4) is 0 Å². The zero-order valence-electron chi connectivity index (χ0n) is 22.7. The highest BCUT2D eigenvalue weighted by atomic mass is 16.5. The quantitative estimate of drug-likeness (QED) is 0.0735. The van der Waals surface area contributed by atoms with Gasteiger partial charge in [0.25, 0.3) is 0 Å². The number of benzene rings is 2. The van der Waals surface area contributed by atoms with Crippen molar-refractivity contribution in [2.75, 3.05) is 13.7 Å². The maximum Gasteiger partial charge on any atom is 0.328 e. The number of nitrogens with one attached hydrogen (secondary N) is 3. The van der Waals surface area contributed by atoms with Gasteiger partial charge in [-0.1, -0.05) is 60.7 Å². The van der Waals surface area contributed by atoms with Crippen LogP contribution in [0, 0.1) is 0 Å². The second-order valence-electron chi connectivity index (χ2n) is 9.22. The largest absolute Gasteiger partial charge is 0.467 e. The maximum absolute atomic E-state index is 13.3. The van der Waals surface area contributed by atoms with E-state index in [-0.39, 0.29) is 31.8 Å². The predicted octanol–water partition coefficient (Wildman–Crippen LogP) is -0.466. The van der Waals surface area contributed by atoms with Crippen molar-refractivity contribution in [1.29, 1.82) is 0 Å². The van der Waals surface area contributed by atoms with Gasteiger partial charge in [-0.25, -0.2) is 4.79 Å². The Morgan fingerprint density at radius 1 is 0.850 bits per heavy atom. The van der Waals surface area contributed by atoms with Crippen LogP contribution in [0.15, 0.2) is 65.7 Å². The molecular weight excluding hydrogens is 516 g/mol. The molecule has 0 fully saturated rings. The summed E-state index contributed by atoms with van der Waals surface area (Å²) in [5.74, 6) is -2.63. The van der Waals surface area contributed by atoms with E-state index >= 15 is 0 Å². The third-order valence-electron chi connectivity index (χ3n) is 5.94. The van der Waals surface area contributed by atoms with Crippen molar-refractivity contribution < 1.29 is 29.0 Å². The number of aliphatic hydroxyl groups is 1. The average molecular weight is 555 g/mol. The molecule has 216 valence electrons. The van der Waals surface area contributed by atoms with Crippen LogP contribution in [0.1, 0.15) is 30.9 Å². The Balaban J connectivity index is 2.15. The van der Waals surface area contributed by atoms with Crippen LogP contribution in [-0.2, 0) is 36.8 Å². The van der Waals surface area contributed by atoms with Crippen LogP contribution in [0.25, 0.3) is 0 Å². The second kappa shape index (κ2) is 16.5. The number of hydrogen-bond donors (Lipinski definition) is 6. The molecule has 0 aliphatic carbocycles. The molecule has 4 atom stereocenters.